The molecule has 4 heteroatoms. The Kier molecular flexibility index (Phi) is 3.15. The Bertz CT molecular complexity index is 357. The molecule has 0 aliphatic rings. The van der Waals surface area contributed by atoms with Crippen molar-refractivity contribution in [2.75, 3.05) is 7.11 Å². The summed E-state index contributed by atoms with van der Waals surface area (Å²) in [6, 6.07) is 5.31. The maximum atomic E-state index is 9.55. The maximum Gasteiger partial charge on any atom is 0.162 e. The predicted molar refractivity (Wildman–Crippen MR) is 51.7 cm³/mol. The van der Waals surface area contributed by atoms with Gasteiger partial charge in [-0.25, -0.2) is 0 Å². The topological polar surface area (TPSA) is 53.2 Å². The Morgan fingerprint density at radius 1 is 1.62 bits per heavy atom. The van der Waals surface area contributed by atoms with Crippen molar-refractivity contribution in [2.24, 2.45) is 0 Å². The minimum Gasteiger partial charge on any atom is -0.504 e. The van der Waals surface area contributed by atoms with Crippen molar-refractivity contribution in [1.82, 2.24) is 0 Å². The van der Waals surface area contributed by atoms with Gasteiger partial charge in [-0.05, 0) is 12.1 Å². The number of ether oxygens (including phenoxy) is 1. The van der Waals surface area contributed by atoms with E-state index in [4.69, 9.17) is 10.00 Å². The van der Waals surface area contributed by atoms with Crippen molar-refractivity contribution < 1.29 is 9.84 Å². The van der Waals surface area contributed by atoms with Crippen LogP contribution in [0.4, 0.5) is 0 Å². The summed E-state index contributed by atoms with van der Waals surface area (Å²) in [5.74, 6) is 0.409. The van der Waals surface area contributed by atoms with E-state index in [9.17, 15) is 5.11 Å². The van der Waals surface area contributed by atoms with Crippen LogP contribution in [0.1, 0.15) is 5.56 Å². The molecule has 0 unspecified atom stereocenters. The van der Waals surface area contributed by atoms with E-state index >= 15 is 0 Å². The van der Waals surface area contributed by atoms with E-state index in [2.05, 4.69) is 15.9 Å². The van der Waals surface area contributed by atoms with Gasteiger partial charge in [0.1, 0.15) is 0 Å². The van der Waals surface area contributed by atoms with Gasteiger partial charge in [-0.15, -0.1) is 0 Å². The molecule has 0 amide bonds. The van der Waals surface area contributed by atoms with Gasteiger partial charge in [0.25, 0.3) is 0 Å². The standard InChI is InChI=1S/C9H8BrNO2/c1-13-8-5-7(10)4-6(2-3-11)9(8)12/h4-5,12H,2H2,1H3. The number of phenols is 1. The first-order valence-electron chi connectivity index (χ1n) is 3.61. The summed E-state index contributed by atoms with van der Waals surface area (Å²) < 4.78 is 5.71. The fourth-order valence-electron chi connectivity index (χ4n) is 1.00. The highest BCUT2D eigenvalue weighted by Gasteiger charge is 2.08. The zero-order valence-electron chi connectivity index (χ0n) is 7.04. The Morgan fingerprint density at radius 3 is 2.85 bits per heavy atom. The monoisotopic (exact) mass is 241 g/mol. The third kappa shape index (κ3) is 2.13. The van der Waals surface area contributed by atoms with Crippen LogP contribution in [0.25, 0.3) is 0 Å². The van der Waals surface area contributed by atoms with Crippen molar-refractivity contribution in [3.05, 3.63) is 22.2 Å². The first kappa shape index (κ1) is 9.87. The molecule has 0 aliphatic heterocycles. The lowest BCUT2D eigenvalue weighted by atomic mass is 10.1. The number of rotatable bonds is 2. The van der Waals surface area contributed by atoms with E-state index in [1.54, 1.807) is 12.1 Å². The zero-order valence-corrected chi connectivity index (χ0v) is 8.63. The van der Waals surface area contributed by atoms with Gasteiger partial charge in [0.15, 0.2) is 11.5 Å². The number of nitrogens with zero attached hydrogens (tertiary/aromatic N) is 1. The average molecular weight is 242 g/mol. The molecule has 0 atom stereocenters. The third-order valence-corrected chi connectivity index (χ3v) is 2.07. The molecule has 1 N–H and O–H groups in total. The largest absolute Gasteiger partial charge is 0.504 e. The Hall–Kier alpha value is -1.21. The molecule has 0 bridgehead atoms. The summed E-state index contributed by atoms with van der Waals surface area (Å²) in [5.41, 5.74) is 0.564. The molecule has 0 spiro atoms. The molecule has 0 heterocycles. The second kappa shape index (κ2) is 4.15. The molecule has 1 aromatic rings. The summed E-state index contributed by atoms with van der Waals surface area (Å²) >= 11 is 3.26. The van der Waals surface area contributed by atoms with Gasteiger partial charge in [-0.2, -0.15) is 5.26 Å². The van der Waals surface area contributed by atoms with E-state index in [-0.39, 0.29) is 12.2 Å². The Balaban J connectivity index is 3.20. The number of hydrogen-bond acceptors (Lipinski definition) is 3. The summed E-state index contributed by atoms with van der Waals surface area (Å²) in [4.78, 5) is 0. The highest BCUT2D eigenvalue weighted by molar-refractivity contribution is 9.10. The molecule has 0 fully saturated rings. The van der Waals surface area contributed by atoms with Gasteiger partial charge in [-0.1, -0.05) is 15.9 Å². The lowest BCUT2D eigenvalue weighted by Crippen LogP contribution is -1.89. The summed E-state index contributed by atoms with van der Waals surface area (Å²) in [5, 5.41) is 18.0. The van der Waals surface area contributed by atoms with E-state index in [0.717, 1.165) is 4.47 Å². The Labute approximate surface area is 84.7 Å². The van der Waals surface area contributed by atoms with Crippen molar-refractivity contribution in [3.63, 3.8) is 0 Å². The number of phenolic OH excluding ortho intramolecular Hbond substituents is 1. The fourth-order valence-corrected chi connectivity index (χ4v) is 1.49. The SMILES string of the molecule is COc1cc(Br)cc(CC#N)c1O. The number of nitriles is 1. The zero-order chi connectivity index (χ0) is 9.84. The van der Waals surface area contributed by atoms with Crippen LogP contribution in [-0.4, -0.2) is 12.2 Å². The van der Waals surface area contributed by atoms with Crippen LogP contribution in [0.5, 0.6) is 11.5 Å². The van der Waals surface area contributed by atoms with Crippen LogP contribution in [0.3, 0.4) is 0 Å². The molecular weight excluding hydrogens is 234 g/mol. The molecule has 0 radical (unpaired) electrons. The van der Waals surface area contributed by atoms with Gasteiger partial charge in [0.05, 0.1) is 19.6 Å². The van der Waals surface area contributed by atoms with Crippen LogP contribution < -0.4 is 4.74 Å². The molecule has 3 nitrogen and oxygen atoms in total. The molecule has 13 heavy (non-hydrogen) atoms. The summed E-state index contributed by atoms with van der Waals surface area (Å²) in [7, 11) is 1.47. The number of aromatic hydroxyl groups is 1. The highest BCUT2D eigenvalue weighted by atomic mass is 79.9. The third-order valence-electron chi connectivity index (χ3n) is 1.61. The maximum absolute atomic E-state index is 9.55. The molecular formula is C9H8BrNO2. The first-order chi connectivity index (χ1) is 6.19. The van der Waals surface area contributed by atoms with Gasteiger partial charge >= 0.3 is 0 Å². The number of methoxy groups -OCH3 is 1. The van der Waals surface area contributed by atoms with E-state index in [1.165, 1.54) is 7.11 Å². The normalized spacial score (nSPS) is 9.31. The highest BCUT2D eigenvalue weighted by Crippen LogP contribution is 2.33. The molecule has 0 saturated carbocycles. The quantitative estimate of drug-likeness (QED) is 0.865. The van der Waals surface area contributed by atoms with E-state index in [1.807, 2.05) is 6.07 Å². The number of benzene rings is 1. The molecule has 0 saturated heterocycles. The minimum absolute atomic E-state index is 0.0345. The molecule has 0 aliphatic carbocycles. The van der Waals surface area contributed by atoms with Crippen molar-refractivity contribution >= 4 is 15.9 Å². The van der Waals surface area contributed by atoms with Gasteiger partial charge in [0, 0.05) is 10.0 Å². The first-order valence-corrected chi connectivity index (χ1v) is 4.40. The molecule has 1 rings (SSSR count). The summed E-state index contributed by atoms with van der Waals surface area (Å²) in [6.07, 6.45) is 0.168. The number of hydrogen-bond donors (Lipinski definition) is 1. The van der Waals surface area contributed by atoms with Gasteiger partial charge < -0.3 is 9.84 Å². The fraction of sp³-hybridized carbons (Fsp3) is 0.222. The van der Waals surface area contributed by atoms with Gasteiger partial charge in [0.2, 0.25) is 0 Å². The minimum atomic E-state index is 0.0345. The van der Waals surface area contributed by atoms with Crippen molar-refractivity contribution in [3.8, 4) is 17.6 Å². The number of halogens is 1. The van der Waals surface area contributed by atoms with Crippen LogP contribution >= 0.6 is 15.9 Å². The second-order valence-corrected chi connectivity index (χ2v) is 3.37. The molecule has 1 aromatic carbocycles. The van der Waals surface area contributed by atoms with Crippen molar-refractivity contribution in [2.45, 2.75) is 6.42 Å². The lowest BCUT2D eigenvalue weighted by molar-refractivity contribution is 0.371. The van der Waals surface area contributed by atoms with Crippen LogP contribution in [0.2, 0.25) is 0 Å². The van der Waals surface area contributed by atoms with E-state index < -0.39 is 0 Å². The average Bonchev–Trinajstić information content (AvgIpc) is 2.11. The van der Waals surface area contributed by atoms with Crippen LogP contribution in [0, 0.1) is 11.3 Å². The Morgan fingerprint density at radius 2 is 2.31 bits per heavy atom. The van der Waals surface area contributed by atoms with Crippen molar-refractivity contribution in [1.29, 1.82) is 5.26 Å². The molecule has 68 valence electrons. The predicted octanol–water partition coefficient (Wildman–Crippen LogP) is 2.23. The lowest BCUT2D eigenvalue weighted by Gasteiger charge is -2.07. The summed E-state index contributed by atoms with van der Waals surface area (Å²) in [6.45, 7) is 0. The smallest absolute Gasteiger partial charge is 0.162 e. The van der Waals surface area contributed by atoms with E-state index in [0.29, 0.717) is 11.3 Å². The van der Waals surface area contributed by atoms with Gasteiger partial charge in [-0.3, -0.25) is 0 Å². The van der Waals surface area contributed by atoms with Crippen LogP contribution in [-0.2, 0) is 6.42 Å². The molecule has 0 aromatic heterocycles. The van der Waals surface area contributed by atoms with Crippen LogP contribution in [0.15, 0.2) is 16.6 Å². The second-order valence-electron chi connectivity index (χ2n) is 2.45.